The van der Waals surface area contributed by atoms with Crippen LogP contribution in [0.1, 0.15) is 22.3 Å². The Hall–Kier alpha value is -7.69. The summed E-state index contributed by atoms with van der Waals surface area (Å²) in [6, 6.07) is 59.1. The normalized spacial score (nSPS) is 13.5. The van der Waals surface area contributed by atoms with Gasteiger partial charge in [-0.05, 0) is 130 Å². The molecule has 4 aliphatic rings. The number of aryl methyl sites for hydroxylation is 4. The second-order valence-corrected chi connectivity index (χ2v) is 18.6. The summed E-state index contributed by atoms with van der Waals surface area (Å²) in [6.45, 7) is 8.66. The summed E-state index contributed by atoms with van der Waals surface area (Å²) in [6.07, 6.45) is 0. The van der Waals surface area contributed by atoms with Gasteiger partial charge in [-0.15, -0.1) is 0 Å². The lowest BCUT2D eigenvalue weighted by Gasteiger charge is -2.37. The van der Waals surface area contributed by atoms with Gasteiger partial charge in [0.05, 0.1) is 11.0 Å². The van der Waals surface area contributed by atoms with Gasteiger partial charge in [-0.2, -0.15) is 0 Å². The number of aromatic nitrogens is 2. The highest BCUT2D eigenvalue weighted by atomic mass is 16.5. The van der Waals surface area contributed by atoms with Gasteiger partial charge in [-0.25, -0.2) is 0 Å². The molecule has 0 saturated heterocycles. The summed E-state index contributed by atoms with van der Waals surface area (Å²) in [5, 5.41) is 5.07. The molecule has 11 aromatic rings. The summed E-state index contributed by atoms with van der Waals surface area (Å²) in [5.41, 5.74) is 24.4. The Labute approximate surface area is 371 Å². The molecule has 6 heteroatoms. The molecule has 298 valence electrons. The van der Waals surface area contributed by atoms with Crippen molar-refractivity contribution in [3.63, 3.8) is 0 Å². The van der Waals surface area contributed by atoms with Gasteiger partial charge in [0, 0.05) is 50.0 Å². The topological polar surface area (TPSA) is 28.3 Å². The van der Waals surface area contributed by atoms with Crippen molar-refractivity contribution in [3.05, 3.63) is 180 Å². The van der Waals surface area contributed by atoms with Crippen LogP contribution >= 0.6 is 0 Å². The number of rotatable bonds is 2. The van der Waals surface area contributed by atoms with E-state index in [1.165, 1.54) is 121 Å². The molecule has 15 rings (SSSR count). The number of ether oxygens (including phenoxy) is 2. The van der Waals surface area contributed by atoms with Crippen molar-refractivity contribution >= 4 is 89.8 Å². The Morgan fingerprint density at radius 2 is 0.828 bits per heavy atom. The highest BCUT2D eigenvalue weighted by Crippen LogP contribution is 2.44. The summed E-state index contributed by atoms with van der Waals surface area (Å²) in [7, 11) is 0. The molecule has 0 atom stereocenters. The molecule has 0 saturated carbocycles. The Bertz CT molecular complexity index is 3730. The summed E-state index contributed by atoms with van der Waals surface area (Å²) in [5.74, 6) is 3.48. The lowest BCUT2D eigenvalue weighted by Crippen LogP contribution is -2.62. The molecular weight excluding hydrogens is 778 g/mol. The Morgan fingerprint density at radius 3 is 1.30 bits per heavy atom. The number of fused-ring (bicyclic) bond motifs is 14. The van der Waals surface area contributed by atoms with Crippen LogP contribution in [0, 0.1) is 27.7 Å². The SMILES string of the molecule is Cc1ccc(-c2cc3c4c(c2)-n2c5ccccc5c5cccc(c52)B4c2cc4c(cc2O3)Oc2cc(-c3ccc(C)cc3C)cc3c2B4c2cccc4c5ccccc5n-3c24)c(C)c1. The van der Waals surface area contributed by atoms with Crippen molar-refractivity contribution in [3.8, 4) is 56.6 Å². The first-order valence-corrected chi connectivity index (χ1v) is 22.5. The largest absolute Gasteiger partial charge is 0.458 e. The van der Waals surface area contributed by atoms with Crippen LogP contribution in [0.4, 0.5) is 0 Å². The zero-order valence-corrected chi connectivity index (χ0v) is 35.9. The zero-order chi connectivity index (χ0) is 42.3. The Balaban J connectivity index is 1.02. The van der Waals surface area contributed by atoms with Crippen LogP contribution in [0.2, 0.25) is 0 Å². The third-order valence-corrected chi connectivity index (χ3v) is 15.0. The average molecular weight is 817 g/mol. The smallest absolute Gasteiger partial charge is 0.256 e. The molecule has 0 aliphatic carbocycles. The van der Waals surface area contributed by atoms with Crippen LogP contribution < -0.4 is 42.3 Å². The maximum absolute atomic E-state index is 7.29. The minimum absolute atomic E-state index is 0.0497. The van der Waals surface area contributed by atoms with Gasteiger partial charge < -0.3 is 18.6 Å². The minimum Gasteiger partial charge on any atom is -0.458 e. The maximum Gasteiger partial charge on any atom is 0.256 e. The first-order chi connectivity index (χ1) is 31.4. The molecule has 0 radical (unpaired) electrons. The van der Waals surface area contributed by atoms with E-state index >= 15 is 0 Å². The van der Waals surface area contributed by atoms with Crippen molar-refractivity contribution in [2.75, 3.05) is 0 Å². The van der Waals surface area contributed by atoms with Crippen LogP contribution in [0.5, 0.6) is 23.0 Å². The quantitative estimate of drug-likeness (QED) is 0.163. The Kier molecular flexibility index (Phi) is 6.57. The fourth-order valence-electron chi connectivity index (χ4n) is 12.4. The lowest BCUT2D eigenvalue weighted by molar-refractivity contribution is 0.465. The molecule has 0 unspecified atom stereocenters. The van der Waals surface area contributed by atoms with Crippen molar-refractivity contribution < 1.29 is 9.47 Å². The van der Waals surface area contributed by atoms with E-state index in [2.05, 4.69) is 195 Å². The van der Waals surface area contributed by atoms with E-state index in [-0.39, 0.29) is 13.4 Å². The van der Waals surface area contributed by atoms with E-state index < -0.39 is 0 Å². The molecule has 0 N–H and O–H groups in total. The first-order valence-electron chi connectivity index (χ1n) is 22.5. The molecule has 4 aliphatic heterocycles. The second kappa shape index (κ2) is 12.1. The predicted molar refractivity (Wildman–Crippen MR) is 267 cm³/mol. The zero-order valence-electron chi connectivity index (χ0n) is 35.9. The fourth-order valence-corrected chi connectivity index (χ4v) is 12.4. The van der Waals surface area contributed by atoms with Crippen LogP contribution in [0.25, 0.3) is 77.2 Å². The molecule has 0 spiro atoms. The fraction of sp³-hybridized carbons (Fsp3) is 0.0690. The van der Waals surface area contributed by atoms with E-state index in [4.69, 9.17) is 9.47 Å². The number of para-hydroxylation sites is 4. The summed E-state index contributed by atoms with van der Waals surface area (Å²) >= 11 is 0. The molecule has 2 aromatic heterocycles. The lowest BCUT2D eigenvalue weighted by atomic mass is 9.31. The van der Waals surface area contributed by atoms with Gasteiger partial charge >= 0.3 is 0 Å². The molecule has 0 bridgehead atoms. The highest BCUT2D eigenvalue weighted by Gasteiger charge is 2.45. The van der Waals surface area contributed by atoms with Crippen molar-refractivity contribution in [2.24, 2.45) is 0 Å². The first kappa shape index (κ1) is 34.8. The van der Waals surface area contributed by atoms with Crippen LogP contribution in [-0.2, 0) is 0 Å². The Morgan fingerprint density at radius 1 is 0.375 bits per heavy atom. The van der Waals surface area contributed by atoms with E-state index in [1.54, 1.807) is 0 Å². The third-order valence-electron chi connectivity index (χ3n) is 15.0. The molecule has 9 aromatic carbocycles. The number of hydrogen-bond donors (Lipinski definition) is 0. The van der Waals surface area contributed by atoms with E-state index in [9.17, 15) is 0 Å². The number of hydrogen-bond acceptors (Lipinski definition) is 2. The van der Waals surface area contributed by atoms with Gasteiger partial charge in [-0.3, -0.25) is 0 Å². The maximum atomic E-state index is 7.29. The van der Waals surface area contributed by atoms with Crippen molar-refractivity contribution in [2.45, 2.75) is 27.7 Å². The molecule has 4 nitrogen and oxygen atoms in total. The van der Waals surface area contributed by atoms with Gasteiger partial charge in [-0.1, -0.05) is 126 Å². The molecule has 0 fully saturated rings. The molecular formula is C58H38B2N2O2. The van der Waals surface area contributed by atoms with Gasteiger partial charge in [0.25, 0.3) is 13.4 Å². The number of nitrogens with zero attached hydrogens (tertiary/aromatic N) is 2. The minimum atomic E-state index is -0.0497. The van der Waals surface area contributed by atoms with Gasteiger partial charge in [0.2, 0.25) is 0 Å². The van der Waals surface area contributed by atoms with Gasteiger partial charge in [0.1, 0.15) is 23.0 Å². The predicted octanol–water partition coefficient (Wildman–Crippen LogP) is 10.3. The van der Waals surface area contributed by atoms with Crippen LogP contribution in [0.15, 0.2) is 158 Å². The second-order valence-electron chi connectivity index (χ2n) is 18.6. The summed E-state index contributed by atoms with van der Waals surface area (Å²) < 4.78 is 19.6. The van der Waals surface area contributed by atoms with Crippen molar-refractivity contribution in [1.29, 1.82) is 0 Å². The highest BCUT2D eigenvalue weighted by molar-refractivity contribution is 7.02. The average Bonchev–Trinajstić information content (AvgIpc) is 3.83. The summed E-state index contributed by atoms with van der Waals surface area (Å²) in [4.78, 5) is 0. The molecule has 0 amide bonds. The molecule has 64 heavy (non-hydrogen) atoms. The van der Waals surface area contributed by atoms with Gasteiger partial charge in [0.15, 0.2) is 0 Å². The van der Waals surface area contributed by atoms with E-state index in [0.717, 1.165) is 34.1 Å². The monoisotopic (exact) mass is 816 g/mol. The third kappa shape index (κ3) is 4.35. The van der Waals surface area contributed by atoms with Crippen LogP contribution in [0.3, 0.4) is 0 Å². The van der Waals surface area contributed by atoms with E-state index in [1.807, 2.05) is 0 Å². The molecule has 6 heterocycles. The number of benzene rings is 9. The van der Waals surface area contributed by atoms with E-state index in [0.29, 0.717) is 0 Å². The standard InChI is InChI=1S/C58H38B2N2O2/c1-31-19-21-37(33(3)23-31)35-25-49-55-53(27-35)63-51-30-52-46(29-45(51)59(55)43-15-9-13-41-39-11-5-7-17-47(39)61(49)57(41)43)60-44-16-10-14-42-40-12-6-8-18-48(40)62(58(42)44)50-26-36(28-54(64-52)56(50)60)38-22-20-32(2)24-34(38)4/h5-30H,1-4H3. The van der Waals surface area contributed by atoms with Crippen molar-refractivity contribution in [1.82, 2.24) is 9.13 Å². The van der Waals surface area contributed by atoms with Crippen LogP contribution in [-0.4, -0.2) is 22.6 Å².